The van der Waals surface area contributed by atoms with Gasteiger partial charge in [0.15, 0.2) is 11.5 Å². The smallest absolute Gasteiger partial charge is 0.201 e. The van der Waals surface area contributed by atoms with Gasteiger partial charge < -0.3 is 20.4 Å². The highest BCUT2D eigenvalue weighted by Gasteiger charge is 2.40. The summed E-state index contributed by atoms with van der Waals surface area (Å²) < 4.78 is 0. The molecule has 1 aliphatic carbocycles. The van der Waals surface area contributed by atoms with Gasteiger partial charge in [0.2, 0.25) is 5.75 Å². The predicted molar refractivity (Wildman–Crippen MR) is 80.9 cm³/mol. The number of aliphatic hydroxyl groups excluding tert-OH is 1. The second-order valence-corrected chi connectivity index (χ2v) is 6.08. The van der Waals surface area contributed by atoms with Gasteiger partial charge in [0.25, 0.3) is 0 Å². The summed E-state index contributed by atoms with van der Waals surface area (Å²) in [6, 6.07) is 7.66. The van der Waals surface area contributed by atoms with Crippen LogP contribution in [0.4, 0.5) is 0 Å². The SMILES string of the molecule is CN1CC(O)c2c(O)c(O)c(O)c3c2C1Cc1ccccc1-3. The van der Waals surface area contributed by atoms with Crippen molar-refractivity contribution in [2.24, 2.45) is 0 Å². The molecule has 4 N–H and O–H groups in total. The molecule has 0 radical (unpaired) electrons. The molecule has 22 heavy (non-hydrogen) atoms. The van der Waals surface area contributed by atoms with Crippen molar-refractivity contribution in [1.29, 1.82) is 0 Å². The molecular weight excluding hydrogens is 282 g/mol. The number of rotatable bonds is 0. The van der Waals surface area contributed by atoms with Crippen LogP contribution in [0.25, 0.3) is 11.1 Å². The molecule has 1 heterocycles. The Labute approximate surface area is 127 Å². The van der Waals surface area contributed by atoms with Crippen molar-refractivity contribution in [3.05, 3.63) is 41.0 Å². The van der Waals surface area contributed by atoms with E-state index in [4.69, 9.17) is 0 Å². The molecule has 2 aromatic rings. The fourth-order valence-electron chi connectivity index (χ4n) is 3.82. The van der Waals surface area contributed by atoms with Crippen molar-refractivity contribution in [1.82, 2.24) is 4.90 Å². The number of hydrogen-bond acceptors (Lipinski definition) is 5. The number of β-amino-alcohol motifs (C(OH)–C–C–N with tert-alkyl or cyclic N) is 1. The Balaban J connectivity index is 2.15. The average molecular weight is 299 g/mol. The Morgan fingerprint density at radius 1 is 1.00 bits per heavy atom. The second kappa shape index (κ2) is 4.38. The third-order valence-corrected chi connectivity index (χ3v) is 4.86. The van der Waals surface area contributed by atoms with E-state index in [1.807, 2.05) is 36.2 Å². The number of likely N-dealkylation sites (N-methyl/N-ethyl adjacent to an activating group) is 1. The van der Waals surface area contributed by atoms with Gasteiger partial charge in [-0.05, 0) is 30.2 Å². The molecular formula is C17H17NO4. The van der Waals surface area contributed by atoms with Crippen molar-refractivity contribution in [3.63, 3.8) is 0 Å². The molecule has 0 saturated carbocycles. The number of phenolic OH excluding ortho intramolecular Hbond substituents is 3. The van der Waals surface area contributed by atoms with E-state index in [1.54, 1.807) is 0 Å². The Morgan fingerprint density at radius 2 is 1.73 bits per heavy atom. The van der Waals surface area contributed by atoms with Crippen LogP contribution in [0.3, 0.4) is 0 Å². The number of fused-ring (bicyclic) bond motifs is 2. The number of phenols is 3. The lowest BCUT2D eigenvalue weighted by atomic mass is 9.75. The zero-order valence-corrected chi connectivity index (χ0v) is 12.1. The normalized spacial score (nSPS) is 23.0. The Morgan fingerprint density at radius 3 is 2.50 bits per heavy atom. The molecule has 4 rings (SSSR count). The quantitative estimate of drug-likeness (QED) is 0.560. The van der Waals surface area contributed by atoms with E-state index < -0.39 is 17.6 Å². The van der Waals surface area contributed by atoms with Crippen LogP contribution < -0.4 is 0 Å². The van der Waals surface area contributed by atoms with Crippen LogP contribution >= 0.6 is 0 Å². The first kappa shape index (κ1) is 13.4. The van der Waals surface area contributed by atoms with Gasteiger partial charge in [-0.2, -0.15) is 0 Å². The first-order valence-electron chi connectivity index (χ1n) is 7.28. The van der Waals surface area contributed by atoms with E-state index in [1.165, 1.54) is 0 Å². The molecule has 2 atom stereocenters. The summed E-state index contributed by atoms with van der Waals surface area (Å²) in [6.07, 6.45) is -0.157. The molecule has 5 heteroatoms. The van der Waals surface area contributed by atoms with Crippen LogP contribution in [0.1, 0.15) is 28.8 Å². The van der Waals surface area contributed by atoms with E-state index >= 15 is 0 Å². The standard InChI is InChI=1S/C17H17NO4/c1-18-7-11(19)14-13-10(18)6-8-4-2-3-5-9(8)12(13)15(20)17(22)16(14)21/h2-5,10-11,19-22H,6-7H2,1H3. The highest BCUT2D eigenvalue weighted by molar-refractivity contribution is 5.85. The summed E-state index contributed by atoms with van der Waals surface area (Å²) >= 11 is 0. The van der Waals surface area contributed by atoms with Gasteiger partial charge in [-0.3, -0.25) is 4.90 Å². The lowest BCUT2D eigenvalue weighted by Gasteiger charge is -2.42. The van der Waals surface area contributed by atoms with Gasteiger partial charge in [-0.25, -0.2) is 0 Å². The van der Waals surface area contributed by atoms with Crippen LogP contribution in [-0.2, 0) is 6.42 Å². The number of aromatic hydroxyl groups is 3. The summed E-state index contributed by atoms with van der Waals surface area (Å²) in [7, 11) is 1.91. The van der Waals surface area contributed by atoms with Crippen molar-refractivity contribution in [3.8, 4) is 28.4 Å². The molecule has 0 saturated heterocycles. The highest BCUT2D eigenvalue weighted by Crippen LogP contribution is 2.57. The van der Waals surface area contributed by atoms with Gasteiger partial charge in [-0.15, -0.1) is 0 Å². The van der Waals surface area contributed by atoms with Gasteiger partial charge in [0.1, 0.15) is 0 Å². The fourth-order valence-corrected chi connectivity index (χ4v) is 3.82. The van der Waals surface area contributed by atoms with Gasteiger partial charge in [0, 0.05) is 23.7 Å². The van der Waals surface area contributed by atoms with Crippen LogP contribution in [0.15, 0.2) is 24.3 Å². The summed E-state index contributed by atoms with van der Waals surface area (Å²) in [4.78, 5) is 2.02. The molecule has 0 aromatic heterocycles. The Kier molecular flexibility index (Phi) is 2.67. The molecule has 0 amide bonds. The summed E-state index contributed by atoms with van der Waals surface area (Å²) in [6.45, 7) is 0.372. The monoisotopic (exact) mass is 299 g/mol. The van der Waals surface area contributed by atoms with Crippen LogP contribution in [-0.4, -0.2) is 38.9 Å². The van der Waals surface area contributed by atoms with Crippen molar-refractivity contribution in [2.75, 3.05) is 13.6 Å². The fraction of sp³-hybridized carbons (Fsp3) is 0.294. The maximum absolute atomic E-state index is 10.4. The van der Waals surface area contributed by atoms with Crippen molar-refractivity contribution >= 4 is 0 Å². The number of nitrogens with zero attached hydrogens (tertiary/aromatic N) is 1. The third-order valence-electron chi connectivity index (χ3n) is 4.86. The molecule has 2 aromatic carbocycles. The lowest BCUT2D eigenvalue weighted by Crippen LogP contribution is -2.38. The lowest BCUT2D eigenvalue weighted by molar-refractivity contribution is 0.0802. The predicted octanol–water partition coefficient (Wildman–Crippen LogP) is 2.05. The molecule has 2 aliphatic rings. The maximum Gasteiger partial charge on any atom is 0.201 e. The van der Waals surface area contributed by atoms with Crippen LogP contribution in [0, 0.1) is 0 Å². The average Bonchev–Trinajstić information content (AvgIpc) is 2.50. The third kappa shape index (κ3) is 1.55. The van der Waals surface area contributed by atoms with E-state index in [0.29, 0.717) is 23.2 Å². The van der Waals surface area contributed by atoms with Crippen LogP contribution in [0.2, 0.25) is 0 Å². The zero-order chi connectivity index (χ0) is 15.6. The summed E-state index contributed by atoms with van der Waals surface area (Å²) in [5.41, 5.74) is 3.48. The van der Waals surface area contributed by atoms with Gasteiger partial charge >= 0.3 is 0 Å². The Bertz CT molecular complexity index is 787. The molecule has 0 spiro atoms. The van der Waals surface area contributed by atoms with Crippen molar-refractivity contribution < 1.29 is 20.4 Å². The minimum Gasteiger partial charge on any atom is -0.504 e. The van der Waals surface area contributed by atoms with E-state index in [2.05, 4.69) is 0 Å². The van der Waals surface area contributed by atoms with Gasteiger partial charge in [-0.1, -0.05) is 24.3 Å². The minimum absolute atomic E-state index is 0.0410. The van der Waals surface area contributed by atoms with E-state index in [9.17, 15) is 20.4 Å². The van der Waals surface area contributed by atoms with Crippen LogP contribution in [0.5, 0.6) is 17.2 Å². The number of benzene rings is 2. The summed E-state index contributed by atoms with van der Waals surface area (Å²) in [5.74, 6) is -1.30. The molecule has 0 fully saturated rings. The topological polar surface area (TPSA) is 84.2 Å². The van der Waals surface area contributed by atoms with E-state index in [-0.39, 0.29) is 11.8 Å². The second-order valence-electron chi connectivity index (χ2n) is 6.08. The Hall–Kier alpha value is -2.24. The maximum atomic E-state index is 10.4. The molecule has 5 nitrogen and oxygen atoms in total. The first-order chi connectivity index (χ1) is 10.5. The van der Waals surface area contributed by atoms with E-state index in [0.717, 1.165) is 17.5 Å². The first-order valence-corrected chi connectivity index (χ1v) is 7.28. The summed E-state index contributed by atoms with van der Waals surface area (Å²) in [5, 5.41) is 41.0. The molecule has 1 aliphatic heterocycles. The molecule has 0 bridgehead atoms. The highest BCUT2D eigenvalue weighted by atomic mass is 16.3. The number of hydrogen-bond donors (Lipinski definition) is 4. The van der Waals surface area contributed by atoms with Gasteiger partial charge in [0.05, 0.1) is 6.10 Å². The number of aliphatic hydroxyl groups is 1. The van der Waals surface area contributed by atoms with Crippen molar-refractivity contribution in [2.45, 2.75) is 18.6 Å². The molecule has 114 valence electrons. The minimum atomic E-state index is -0.897. The largest absolute Gasteiger partial charge is 0.504 e. The zero-order valence-electron chi connectivity index (χ0n) is 12.1. The molecule has 2 unspecified atom stereocenters.